The van der Waals surface area contributed by atoms with Crippen LogP contribution in [0.2, 0.25) is 0 Å². The monoisotopic (exact) mass is 345 g/mol. The lowest BCUT2D eigenvalue weighted by molar-refractivity contribution is 0.130. The second-order valence-electron chi connectivity index (χ2n) is 4.83. The van der Waals surface area contributed by atoms with Gasteiger partial charge in [-0.15, -0.1) is 10.2 Å². The van der Waals surface area contributed by atoms with Gasteiger partial charge in [0.15, 0.2) is 5.71 Å². The molecule has 0 amide bonds. The van der Waals surface area contributed by atoms with Crippen LogP contribution >= 0.6 is 0 Å². The van der Waals surface area contributed by atoms with Crippen molar-refractivity contribution in [3.63, 3.8) is 0 Å². The number of hydrogen-bond acceptors (Lipinski definition) is 9. The summed E-state index contributed by atoms with van der Waals surface area (Å²) in [4.78, 5) is 15.0. The molecule has 0 aliphatic rings. The smallest absolute Gasteiger partial charge is 0.270 e. The molecule has 0 saturated heterocycles. The Kier molecular flexibility index (Phi) is 6.64. The highest BCUT2D eigenvalue weighted by atomic mass is 16.6. The van der Waals surface area contributed by atoms with Crippen molar-refractivity contribution in [2.24, 2.45) is 15.5 Å². The minimum absolute atomic E-state index is 0.213. The Hall–Kier alpha value is -3.23. The fourth-order valence-corrected chi connectivity index (χ4v) is 1.92. The van der Waals surface area contributed by atoms with Crippen molar-refractivity contribution in [3.8, 4) is 0 Å². The van der Waals surface area contributed by atoms with Gasteiger partial charge in [-0.25, -0.2) is 0 Å². The number of aromatic nitrogens is 2. The maximum absolute atomic E-state index is 5.42. The van der Waals surface area contributed by atoms with Crippen molar-refractivity contribution >= 4 is 17.1 Å². The van der Waals surface area contributed by atoms with Crippen molar-refractivity contribution in [2.75, 3.05) is 14.2 Å². The van der Waals surface area contributed by atoms with Crippen LogP contribution < -0.4 is 0 Å². The number of oxime groups is 3. The molecule has 2 rings (SSSR count). The van der Waals surface area contributed by atoms with E-state index in [0.717, 1.165) is 11.1 Å². The van der Waals surface area contributed by atoms with Crippen LogP contribution in [-0.2, 0) is 21.1 Å². The van der Waals surface area contributed by atoms with E-state index in [4.69, 9.17) is 18.9 Å². The van der Waals surface area contributed by atoms with E-state index in [1.165, 1.54) is 20.6 Å². The summed E-state index contributed by atoms with van der Waals surface area (Å²) in [5.41, 5.74) is 3.22. The van der Waals surface area contributed by atoms with Crippen molar-refractivity contribution in [1.82, 2.24) is 10.2 Å². The van der Waals surface area contributed by atoms with E-state index in [1.807, 2.05) is 24.3 Å². The molecule has 0 saturated carbocycles. The maximum Gasteiger partial charge on any atom is 0.270 e. The summed E-state index contributed by atoms with van der Waals surface area (Å²) in [7, 11) is 2.92. The van der Waals surface area contributed by atoms with E-state index in [9.17, 15) is 0 Å². The number of nitrogens with zero attached hydrogens (tertiary/aromatic N) is 5. The standard InChI is InChI=1S/C16H19N5O4/c1-11(19-22-3)12(2)20-25-9-13-7-5-6-8-14(13)15(21-23-4)16-18-17-10-24-16/h5-8,10H,9H2,1-4H3/b19-11+,20-12+,21-15+. The third-order valence-corrected chi connectivity index (χ3v) is 3.19. The van der Waals surface area contributed by atoms with Gasteiger partial charge in [0.2, 0.25) is 6.39 Å². The van der Waals surface area contributed by atoms with E-state index >= 15 is 0 Å². The van der Waals surface area contributed by atoms with E-state index in [2.05, 4.69) is 25.7 Å². The van der Waals surface area contributed by atoms with E-state index in [1.54, 1.807) is 13.8 Å². The summed E-state index contributed by atoms with van der Waals surface area (Å²) in [6, 6.07) is 7.49. The summed E-state index contributed by atoms with van der Waals surface area (Å²) >= 11 is 0. The van der Waals surface area contributed by atoms with Gasteiger partial charge >= 0.3 is 0 Å². The first-order chi connectivity index (χ1) is 12.2. The molecule has 1 aromatic heterocycles. The van der Waals surface area contributed by atoms with Gasteiger partial charge in [0, 0.05) is 11.1 Å². The molecule has 9 heteroatoms. The molecule has 1 aromatic carbocycles. The molecule has 0 aliphatic heterocycles. The molecule has 0 aliphatic carbocycles. The zero-order valence-corrected chi connectivity index (χ0v) is 14.5. The molecular formula is C16H19N5O4. The molecule has 0 fully saturated rings. The van der Waals surface area contributed by atoms with Gasteiger partial charge in [0.1, 0.15) is 32.2 Å². The van der Waals surface area contributed by atoms with Crippen molar-refractivity contribution in [3.05, 3.63) is 47.7 Å². The Balaban J connectivity index is 2.22. The molecule has 25 heavy (non-hydrogen) atoms. The van der Waals surface area contributed by atoms with Crippen molar-refractivity contribution in [1.29, 1.82) is 0 Å². The Bertz CT molecular complexity index is 769. The average Bonchev–Trinajstić information content (AvgIpc) is 3.14. The average molecular weight is 345 g/mol. The highest BCUT2D eigenvalue weighted by Gasteiger charge is 2.17. The van der Waals surface area contributed by atoms with E-state index in [0.29, 0.717) is 17.1 Å². The lowest BCUT2D eigenvalue weighted by atomic mass is 10.0. The fraction of sp³-hybridized carbons (Fsp3) is 0.312. The van der Waals surface area contributed by atoms with Crippen LogP contribution in [0.15, 0.2) is 50.5 Å². The largest absolute Gasteiger partial charge is 0.422 e. The van der Waals surface area contributed by atoms with Crippen LogP contribution in [-0.4, -0.2) is 41.6 Å². The maximum atomic E-state index is 5.42. The normalized spacial score (nSPS) is 12.9. The SMILES string of the molecule is CO/N=C(C)/C(C)=N/OCc1ccccc1/C(=N\OC)c1nnco1. The van der Waals surface area contributed by atoms with Crippen LogP contribution in [0.4, 0.5) is 0 Å². The number of hydrogen-bond donors (Lipinski definition) is 0. The molecule has 9 nitrogen and oxygen atoms in total. The summed E-state index contributed by atoms with van der Waals surface area (Å²) in [5, 5.41) is 19.4. The molecule has 0 radical (unpaired) electrons. The summed E-state index contributed by atoms with van der Waals surface area (Å²) in [6.07, 6.45) is 1.23. The minimum Gasteiger partial charge on any atom is -0.422 e. The van der Waals surface area contributed by atoms with Crippen LogP contribution in [0, 0.1) is 0 Å². The lowest BCUT2D eigenvalue weighted by Gasteiger charge is -2.08. The van der Waals surface area contributed by atoms with Gasteiger partial charge in [0.25, 0.3) is 5.89 Å². The van der Waals surface area contributed by atoms with Crippen molar-refractivity contribution < 1.29 is 18.9 Å². The first-order valence-electron chi connectivity index (χ1n) is 7.38. The number of benzene rings is 1. The Morgan fingerprint density at radius 1 is 1.04 bits per heavy atom. The Morgan fingerprint density at radius 3 is 2.44 bits per heavy atom. The highest BCUT2D eigenvalue weighted by Crippen LogP contribution is 2.16. The van der Waals surface area contributed by atoms with Crippen LogP contribution in [0.25, 0.3) is 0 Å². The van der Waals surface area contributed by atoms with Gasteiger partial charge in [-0.2, -0.15) is 0 Å². The summed E-state index contributed by atoms with van der Waals surface area (Å²) in [6.45, 7) is 3.77. The Morgan fingerprint density at radius 2 is 1.76 bits per heavy atom. The number of rotatable bonds is 8. The van der Waals surface area contributed by atoms with Gasteiger partial charge in [-0.1, -0.05) is 39.7 Å². The molecule has 0 atom stereocenters. The summed E-state index contributed by atoms with van der Waals surface area (Å²) < 4.78 is 5.23. The minimum atomic E-state index is 0.213. The summed E-state index contributed by atoms with van der Waals surface area (Å²) in [5.74, 6) is 0.247. The van der Waals surface area contributed by atoms with E-state index in [-0.39, 0.29) is 12.5 Å². The third kappa shape index (κ3) is 4.87. The second-order valence-corrected chi connectivity index (χ2v) is 4.83. The zero-order chi connectivity index (χ0) is 18.1. The zero-order valence-electron chi connectivity index (χ0n) is 14.5. The van der Waals surface area contributed by atoms with Gasteiger partial charge in [-0.3, -0.25) is 0 Å². The van der Waals surface area contributed by atoms with Crippen LogP contribution in [0.1, 0.15) is 30.9 Å². The quantitative estimate of drug-likeness (QED) is 0.537. The van der Waals surface area contributed by atoms with Crippen molar-refractivity contribution in [2.45, 2.75) is 20.5 Å². The van der Waals surface area contributed by atoms with E-state index < -0.39 is 0 Å². The molecule has 0 N–H and O–H groups in total. The molecule has 2 aromatic rings. The molecule has 0 bridgehead atoms. The second kappa shape index (κ2) is 9.16. The topological polar surface area (TPSA) is 104 Å². The molecule has 0 spiro atoms. The van der Waals surface area contributed by atoms with Gasteiger partial charge < -0.3 is 18.9 Å². The Labute approximate surface area is 144 Å². The fourth-order valence-electron chi connectivity index (χ4n) is 1.92. The van der Waals surface area contributed by atoms with Crippen LogP contribution in [0.5, 0.6) is 0 Å². The third-order valence-electron chi connectivity index (χ3n) is 3.19. The molecule has 0 unspecified atom stereocenters. The first kappa shape index (κ1) is 18.1. The first-order valence-corrected chi connectivity index (χ1v) is 7.38. The molecule has 1 heterocycles. The predicted octanol–water partition coefficient (Wildman–Crippen LogP) is 2.38. The molecule has 132 valence electrons. The van der Waals surface area contributed by atoms with Gasteiger partial charge in [0.05, 0.1) is 0 Å². The lowest BCUT2D eigenvalue weighted by Crippen LogP contribution is -2.10. The van der Waals surface area contributed by atoms with Gasteiger partial charge in [-0.05, 0) is 13.8 Å². The highest BCUT2D eigenvalue weighted by molar-refractivity contribution is 6.40. The van der Waals surface area contributed by atoms with Crippen LogP contribution in [0.3, 0.4) is 0 Å². The predicted molar refractivity (Wildman–Crippen MR) is 91.4 cm³/mol. The molecular weight excluding hydrogens is 326 g/mol.